The van der Waals surface area contributed by atoms with Gasteiger partial charge in [0.05, 0.1) is 18.2 Å². The second-order valence-electron chi connectivity index (χ2n) is 10.9. The molecule has 2 aromatic heterocycles. The van der Waals surface area contributed by atoms with Gasteiger partial charge >= 0.3 is 12.4 Å². The summed E-state index contributed by atoms with van der Waals surface area (Å²) >= 11 is 0. The number of ether oxygens (including phenoxy) is 1. The van der Waals surface area contributed by atoms with E-state index in [1.165, 1.54) is 4.90 Å². The van der Waals surface area contributed by atoms with Crippen LogP contribution in [0.1, 0.15) is 47.9 Å². The highest BCUT2D eigenvalue weighted by atomic mass is 19.4. The van der Waals surface area contributed by atoms with Crippen LogP contribution in [0.25, 0.3) is 10.9 Å². The molecular formula is C28H27F6N7O. The van der Waals surface area contributed by atoms with Gasteiger partial charge in [-0.05, 0) is 78.6 Å². The molecule has 0 amide bonds. The van der Waals surface area contributed by atoms with Crippen molar-refractivity contribution in [2.45, 2.75) is 57.2 Å². The number of fused-ring (bicyclic) bond motifs is 1. The lowest BCUT2D eigenvalue weighted by molar-refractivity contribution is -0.143. The van der Waals surface area contributed by atoms with E-state index in [-0.39, 0.29) is 36.7 Å². The Labute approximate surface area is 236 Å². The Hall–Kier alpha value is -4.10. The van der Waals surface area contributed by atoms with E-state index in [0.29, 0.717) is 46.6 Å². The van der Waals surface area contributed by atoms with E-state index in [4.69, 9.17) is 9.72 Å². The Kier molecular flexibility index (Phi) is 7.09. The third-order valence-corrected chi connectivity index (χ3v) is 7.67. The molecule has 2 heterocycles. The van der Waals surface area contributed by atoms with Gasteiger partial charge in [-0.3, -0.25) is 0 Å². The lowest BCUT2D eigenvalue weighted by atomic mass is 10.0. The molecule has 222 valence electrons. The third-order valence-electron chi connectivity index (χ3n) is 7.67. The first-order chi connectivity index (χ1) is 20.0. The van der Waals surface area contributed by atoms with E-state index in [0.717, 1.165) is 31.1 Å². The summed E-state index contributed by atoms with van der Waals surface area (Å²) in [6, 6.07) is 9.12. The highest BCUT2D eigenvalue weighted by Gasteiger charge is 2.42. The van der Waals surface area contributed by atoms with Crippen molar-refractivity contribution in [2.75, 3.05) is 17.3 Å². The Morgan fingerprint density at radius 3 is 2.17 bits per heavy atom. The van der Waals surface area contributed by atoms with Crippen LogP contribution in [0.5, 0.6) is 5.75 Å². The minimum atomic E-state index is -4.97. The van der Waals surface area contributed by atoms with E-state index >= 15 is 0 Å². The van der Waals surface area contributed by atoms with Crippen LogP contribution in [-0.2, 0) is 25.4 Å². The molecule has 2 aliphatic rings. The standard InChI is InChI=1S/C28H27F6N7O/c1-42-22-4-2-3-18-11-19(25(36-24(18)22)35-23(16-5-6-16)17-7-8-17)14-41(26-37-39-40-38-26)13-15-9-20(27(29,30)31)12-21(10-15)28(32,33)34/h2-4,9-12,16-17,23H,5-8,13-14H2,1H3,(H,35,36)(H,37,38,39,40). The summed E-state index contributed by atoms with van der Waals surface area (Å²) in [5.41, 5.74) is -1.68. The number of benzene rings is 2. The van der Waals surface area contributed by atoms with Crippen LogP contribution in [-0.4, -0.2) is 38.8 Å². The number of pyridine rings is 1. The molecule has 0 unspecified atom stereocenters. The maximum absolute atomic E-state index is 13.6. The minimum absolute atomic E-state index is 0.0126. The molecule has 0 aliphatic heterocycles. The molecule has 0 radical (unpaired) electrons. The zero-order chi connectivity index (χ0) is 29.6. The van der Waals surface area contributed by atoms with E-state index < -0.39 is 23.5 Å². The number of hydrogen-bond acceptors (Lipinski definition) is 7. The molecule has 0 saturated heterocycles. The highest BCUT2D eigenvalue weighted by molar-refractivity contribution is 5.87. The normalized spacial score (nSPS) is 15.8. The van der Waals surface area contributed by atoms with Gasteiger partial charge in [0.15, 0.2) is 0 Å². The van der Waals surface area contributed by atoms with Crippen LogP contribution in [0.15, 0.2) is 42.5 Å². The van der Waals surface area contributed by atoms with Crippen LogP contribution in [0.3, 0.4) is 0 Å². The van der Waals surface area contributed by atoms with Crippen molar-refractivity contribution in [3.63, 3.8) is 0 Å². The van der Waals surface area contributed by atoms with Crippen molar-refractivity contribution in [1.29, 1.82) is 0 Å². The summed E-state index contributed by atoms with van der Waals surface area (Å²) in [5.74, 6) is 2.22. The van der Waals surface area contributed by atoms with E-state index in [9.17, 15) is 26.3 Å². The smallest absolute Gasteiger partial charge is 0.416 e. The number of nitrogens with one attached hydrogen (secondary N) is 2. The third kappa shape index (κ3) is 6.07. The number of nitrogens with zero attached hydrogens (tertiary/aromatic N) is 5. The number of tetrazole rings is 1. The Morgan fingerprint density at radius 1 is 0.952 bits per heavy atom. The number of H-pyrrole nitrogens is 1. The number of anilines is 2. The van der Waals surface area contributed by atoms with Crippen molar-refractivity contribution >= 4 is 22.7 Å². The van der Waals surface area contributed by atoms with Gasteiger partial charge in [-0.25, -0.2) is 4.98 Å². The van der Waals surface area contributed by atoms with Gasteiger partial charge in [0.2, 0.25) is 0 Å². The summed E-state index contributed by atoms with van der Waals surface area (Å²) in [6.45, 7) is -0.321. The average molecular weight is 592 g/mol. The number of rotatable bonds is 10. The maximum atomic E-state index is 13.6. The number of aromatic amines is 1. The number of alkyl halides is 6. The van der Waals surface area contributed by atoms with Gasteiger partial charge in [0, 0.05) is 30.1 Å². The number of halogens is 6. The fraction of sp³-hybridized carbons (Fsp3) is 0.429. The number of hydrogen-bond donors (Lipinski definition) is 2. The van der Waals surface area contributed by atoms with Gasteiger partial charge < -0.3 is 15.0 Å². The molecular weight excluding hydrogens is 564 g/mol. The van der Waals surface area contributed by atoms with E-state index in [2.05, 4.69) is 25.9 Å². The highest BCUT2D eigenvalue weighted by Crippen LogP contribution is 2.46. The Balaban J connectivity index is 1.41. The quantitative estimate of drug-likeness (QED) is 0.201. The molecule has 0 atom stereocenters. The Morgan fingerprint density at radius 2 is 1.62 bits per heavy atom. The minimum Gasteiger partial charge on any atom is -0.494 e. The van der Waals surface area contributed by atoms with Crippen molar-refractivity contribution in [3.05, 3.63) is 64.7 Å². The number of aromatic nitrogens is 5. The lowest BCUT2D eigenvalue weighted by Gasteiger charge is -2.26. The molecule has 2 fully saturated rings. The predicted octanol–water partition coefficient (Wildman–Crippen LogP) is 6.60. The first-order valence-corrected chi connectivity index (χ1v) is 13.5. The summed E-state index contributed by atoms with van der Waals surface area (Å²) in [7, 11) is 1.55. The van der Waals surface area contributed by atoms with E-state index in [1.807, 2.05) is 18.2 Å². The molecule has 2 aromatic carbocycles. The van der Waals surface area contributed by atoms with Gasteiger partial charge in [-0.15, -0.1) is 5.10 Å². The summed E-state index contributed by atoms with van der Waals surface area (Å²) in [4.78, 5) is 6.38. The second kappa shape index (κ2) is 10.6. The molecule has 2 aliphatic carbocycles. The molecule has 42 heavy (non-hydrogen) atoms. The van der Waals surface area contributed by atoms with Crippen LogP contribution >= 0.6 is 0 Å². The zero-order valence-electron chi connectivity index (χ0n) is 22.4. The van der Waals surface area contributed by atoms with Crippen LogP contribution in [0, 0.1) is 11.8 Å². The van der Waals surface area contributed by atoms with Crippen LogP contribution in [0.2, 0.25) is 0 Å². The predicted molar refractivity (Wildman–Crippen MR) is 142 cm³/mol. The topological polar surface area (TPSA) is 91.9 Å². The average Bonchev–Trinajstić information content (AvgIpc) is 3.89. The molecule has 8 nitrogen and oxygen atoms in total. The molecule has 6 rings (SSSR count). The zero-order valence-corrected chi connectivity index (χ0v) is 22.4. The van der Waals surface area contributed by atoms with Crippen molar-refractivity contribution in [1.82, 2.24) is 25.6 Å². The van der Waals surface area contributed by atoms with Gasteiger partial charge in [0.1, 0.15) is 17.1 Å². The summed E-state index contributed by atoms with van der Waals surface area (Å²) in [5, 5.41) is 18.2. The molecule has 2 saturated carbocycles. The monoisotopic (exact) mass is 591 g/mol. The first-order valence-electron chi connectivity index (χ1n) is 13.5. The van der Waals surface area contributed by atoms with Crippen LogP contribution < -0.4 is 15.0 Å². The van der Waals surface area contributed by atoms with Crippen LogP contribution in [0.4, 0.5) is 38.1 Å². The number of para-hydroxylation sites is 1. The first kappa shape index (κ1) is 28.0. The van der Waals surface area contributed by atoms with Gasteiger partial charge in [0.25, 0.3) is 5.95 Å². The SMILES string of the molecule is COc1cccc2cc(CN(Cc3cc(C(F)(F)F)cc(C(F)(F)F)c3)c3nn[nH]n3)c(NC(C3CC3)C3CC3)nc12. The Bertz CT molecular complexity index is 1520. The fourth-order valence-corrected chi connectivity index (χ4v) is 5.34. The van der Waals surface area contributed by atoms with E-state index in [1.54, 1.807) is 13.2 Å². The largest absolute Gasteiger partial charge is 0.494 e. The fourth-order valence-electron chi connectivity index (χ4n) is 5.34. The summed E-state index contributed by atoms with van der Waals surface area (Å²) in [6.07, 6.45) is -5.46. The molecule has 14 heteroatoms. The second-order valence-corrected chi connectivity index (χ2v) is 10.9. The lowest BCUT2D eigenvalue weighted by Crippen LogP contribution is -2.28. The van der Waals surface area contributed by atoms with Crippen molar-refractivity contribution < 1.29 is 31.1 Å². The maximum Gasteiger partial charge on any atom is 0.416 e. The van der Waals surface area contributed by atoms with Crippen molar-refractivity contribution in [2.24, 2.45) is 11.8 Å². The molecule has 0 bridgehead atoms. The van der Waals surface area contributed by atoms with Gasteiger partial charge in [-0.1, -0.05) is 17.2 Å². The molecule has 0 spiro atoms. The summed E-state index contributed by atoms with van der Waals surface area (Å²) < 4.78 is 87.0. The number of methoxy groups -OCH3 is 1. The molecule has 4 aromatic rings. The molecule has 2 N–H and O–H groups in total. The van der Waals surface area contributed by atoms with Crippen molar-refractivity contribution in [3.8, 4) is 5.75 Å². The van der Waals surface area contributed by atoms with Gasteiger partial charge in [-0.2, -0.15) is 31.6 Å².